The molecule has 0 atom stereocenters. The monoisotopic (exact) mass is 968 g/mol. The summed E-state index contributed by atoms with van der Waals surface area (Å²) < 4.78 is 2.72. The normalized spacial score (nSPS) is 19.0. The zero-order chi connectivity index (χ0) is 51.5. The van der Waals surface area contributed by atoms with Crippen molar-refractivity contribution in [2.24, 2.45) is 0 Å². The Kier molecular flexibility index (Phi) is 10.2. The molecule has 2 heterocycles. The Morgan fingerprint density at radius 2 is 0.959 bits per heavy atom. The number of benzene rings is 8. The summed E-state index contributed by atoms with van der Waals surface area (Å²) in [5.41, 5.74) is 24.4. The van der Waals surface area contributed by atoms with Crippen molar-refractivity contribution < 1.29 is 0 Å². The zero-order valence-corrected chi connectivity index (χ0v) is 46.2. The first kappa shape index (κ1) is 47.2. The molecule has 8 aromatic carbocycles. The van der Waals surface area contributed by atoms with Crippen molar-refractivity contribution in [3.63, 3.8) is 0 Å². The number of nitrogens with zero attached hydrogens (tertiary/aromatic N) is 2. The minimum atomic E-state index is 0.00168. The van der Waals surface area contributed by atoms with Crippen LogP contribution in [0.25, 0.3) is 49.4 Å². The van der Waals surface area contributed by atoms with Gasteiger partial charge in [0.15, 0.2) is 7.28 Å². The van der Waals surface area contributed by atoms with Crippen molar-refractivity contribution in [1.29, 1.82) is 0 Å². The van der Waals surface area contributed by atoms with Crippen LogP contribution >= 0.6 is 0 Å². The van der Waals surface area contributed by atoms with Crippen molar-refractivity contribution in [2.75, 3.05) is 10.2 Å². The van der Waals surface area contributed by atoms with Crippen LogP contribution in [0.1, 0.15) is 155 Å². The first-order valence-electron chi connectivity index (χ1n) is 27.9. The molecule has 0 radical (unpaired) electrons. The highest BCUT2D eigenvalue weighted by atomic mass is 15.1. The maximum absolute atomic E-state index is 4.26. The summed E-state index contributed by atoms with van der Waals surface area (Å²) in [6.45, 7) is 29.6. The van der Waals surface area contributed by atoms with E-state index in [1.54, 1.807) is 0 Å². The molecule has 372 valence electrons. The van der Waals surface area contributed by atoms with Crippen LogP contribution in [0.5, 0.6) is 0 Å². The van der Waals surface area contributed by atoms with Gasteiger partial charge in [-0.3, -0.25) is 0 Å². The highest BCUT2D eigenvalue weighted by Gasteiger charge is 2.42. The molecule has 74 heavy (non-hydrogen) atoms. The second kappa shape index (κ2) is 16.0. The Labute approximate surface area is 441 Å². The van der Waals surface area contributed by atoms with Gasteiger partial charge < -0.3 is 14.8 Å². The molecule has 0 saturated heterocycles. The molecule has 3 nitrogen and oxygen atoms in total. The van der Waals surface area contributed by atoms with Crippen molar-refractivity contribution in [1.82, 2.24) is 4.57 Å². The molecule has 9 aromatic rings. The van der Waals surface area contributed by atoms with Crippen LogP contribution in [0.4, 0.5) is 28.4 Å². The van der Waals surface area contributed by atoms with Gasteiger partial charge in [0.25, 0.3) is 0 Å². The van der Waals surface area contributed by atoms with Crippen molar-refractivity contribution >= 4 is 79.2 Å². The fourth-order valence-corrected chi connectivity index (χ4v) is 14.4. The second-order valence-electron chi connectivity index (χ2n) is 27.0. The van der Waals surface area contributed by atoms with Gasteiger partial charge in [0.1, 0.15) is 0 Å². The summed E-state index contributed by atoms with van der Waals surface area (Å²) in [5, 5.41) is 9.42. The fourth-order valence-electron chi connectivity index (χ4n) is 14.4. The lowest BCUT2D eigenvalue weighted by atomic mass is 9.55. The second-order valence-corrected chi connectivity index (χ2v) is 27.0. The molecule has 4 aliphatic rings. The van der Waals surface area contributed by atoms with Gasteiger partial charge in [0.2, 0.25) is 0 Å². The van der Waals surface area contributed by atoms with E-state index in [9.17, 15) is 0 Å². The largest absolute Gasteiger partial charge is 0.355 e. The number of hydrogen-bond donors (Lipinski definition) is 1. The zero-order valence-electron chi connectivity index (χ0n) is 46.2. The molecule has 0 saturated carbocycles. The summed E-state index contributed by atoms with van der Waals surface area (Å²) in [4.78, 5) is 2.55. The molecule has 4 heteroatoms. The van der Waals surface area contributed by atoms with Gasteiger partial charge in [-0.1, -0.05) is 167 Å². The van der Waals surface area contributed by atoms with Crippen LogP contribution in [0, 0.1) is 0 Å². The van der Waals surface area contributed by atoms with Gasteiger partial charge >= 0.3 is 0 Å². The predicted octanol–water partition coefficient (Wildman–Crippen LogP) is 17.6. The minimum Gasteiger partial charge on any atom is -0.355 e. The molecule has 1 N–H and O–H groups in total. The Balaban J connectivity index is 1.20. The number of fused-ring (bicyclic) bond motifs is 10. The average Bonchev–Trinajstić information content (AvgIpc) is 3.78. The maximum atomic E-state index is 4.26. The van der Waals surface area contributed by atoms with E-state index in [1.165, 1.54) is 131 Å². The van der Waals surface area contributed by atoms with Crippen molar-refractivity contribution in [3.05, 3.63) is 179 Å². The molecule has 0 unspecified atom stereocenters. The highest BCUT2D eigenvalue weighted by Crippen LogP contribution is 2.54. The maximum Gasteiger partial charge on any atom is 0.198 e. The first-order valence-corrected chi connectivity index (χ1v) is 27.9. The molecule has 1 aliphatic heterocycles. The Hall–Kier alpha value is -6.52. The van der Waals surface area contributed by atoms with E-state index in [1.807, 2.05) is 0 Å². The number of para-hydroxylation sites is 2. The van der Waals surface area contributed by atoms with E-state index in [2.05, 4.69) is 243 Å². The lowest BCUT2D eigenvalue weighted by Crippen LogP contribution is -2.41. The van der Waals surface area contributed by atoms with E-state index < -0.39 is 0 Å². The van der Waals surface area contributed by atoms with Crippen molar-refractivity contribution in [2.45, 2.75) is 154 Å². The SMILES string of the molecule is CC1(C)CCC(C)(C)c2cc(Nc3cc4c(cc3-c3cc(N(c5ccccc5)c5ccccc5)c5c6c7ccccc7ccc6n6c5c3Bc3cc5c(cc3-6)C(C)(C)CCC5(C)C)C(C)(C)CCC4(C)C)ccc21. The van der Waals surface area contributed by atoms with Gasteiger partial charge in [-0.2, -0.15) is 0 Å². The third kappa shape index (κ3) is 7.13. The Morgan fingerprint density at radius 1 is 0.446 bits per heavy atom. The first-order chi connectivity index (χ1) is 35.1. The minimum absolute atomic E-state index is 0.00168. The topological polar surface area (TPSA) is 20.2 Å². The van der Waals surface area contributed by atoms with Crippen LogP contribution in [0.3, 0.4) is 0 Å². The van der Waals surface area contributed by atoms with Crippen LogP contribution in [0.15, 0.2) is 146 Å². The van der Waals surface area contributed by atoms with Crippen LogP contribution in [0.2, 0.25) is 0 Å². The van der Waals surface area contributed by atoms with E-state index in [0.717, 1.165) is 37.2 Å². The summed E-state index contributed by atoms with van der Waals surface area (Å²) in [6, 6.07) is 56.6. The molecular formula is C70H74BN3. The number of rotatable bonds is 6. The van der Waals surface area contributed by atoms with Gasteiger partial charge in [0.05, 0.1) is 16.7 Å². The van der Waals surface area contributed by atoms with E-state index in [-0.39, 0.29) is 32.5 Å². The van der Waals surface area contributed by atoms with E-state index in [4.69, 9.17) is 0 Å². The van der Waals surface area contributed by atoms with Gasteiger partial charge in [0, 0.05) is 44.8 Å². The van der Waals surface area contributed by atoms with Gasteiger partial charge in [-0.05, 0) is 193 Å². The van der Waals surface area contributed by atoms with Crippen LogP contribution in [-0.4, -0.2) is 11.8 Å². The van der Waals surface area contributed by atoms with Crippen LogP contribution in [-0.2, 0) is 32.5 Å². The number of anilines is 5. The summed E-state index contributed by atoms with van der Waals surface area (Å²) in [6.07, 6.45) is 7.03. The molecule has 0 fully saturated rings. The Morgan fingerprint density at radius 3 is 1.57 bits per heavy atom. The molecule has 0 amide bonds. The lowest BCUT2D eigenvalue weighted by Gasteiger charge is -2.43. The summed E-state index contributed by atoms with van der Waals surface area (Å²) in [7, 11) is 0.837. The quantitative estimate of drug-likeness (QED) is 0.168. The smallest absolute Gasteiger partial charge is 0.198 e. The average molecular weight is 968 g/mol. The third-order valence-electron chi connectivity index (χ3n) is 19.3. The van der Waals surface area contributed by atoms with Crippen molar-refractivity contribution in [3.8, 4) is 16.8 Å². The van der Waals surface area contributed by atoms with E-state index >= 15 is 0 Å². The third-order valence-corrected chi connectivity index (χ3v) is 19.3. The molecule has 1 aromatic heterocycles. The van der Waals surface area contributed by atoms with E-state index in [0.29, 0.717) is 0 Å². The standard InChI is InChI=1S/C70H74BN3/c1-65(2)31-32-66(3,4)51-37-44(28-29-50(51)65)72-57-41-54-52(67(5,6)33-35-69(54,9)10)38-48(57)49-39-60(73(45-22-15-13-16-23-45)46-24-17-14-18-25-46)62-61-47-26-20-19-21-43(47)27-30-58(61)74-59-42-55-53(40-56(59)71-63(49)64(62)74)68(7,8)34-36-70(55,11)12/h13-30,37-42,71-72H,31-36H2,1-12H3. The Bertz CT molecular complexity index is 3750. The van der Waals surface area contributed by atoms with Gasteiger partial charge in [-0.25, -0.2) is 0 Å². The molecule has 13 rings (SSSR count). The fraction of sp³-hybridized carbons (Fsp3) is 0.343. The highest BCUT2D eigenvalue weighted by molar-refractivity contribution is 6.74. The number of hydrogen-bond acceptors (Lipinski definition) is 2. The summed E-state index contributed by atoms with van der Waals surface area (Å²) >= 11 is 0. The predicted molar refractivity (Wildman–Crippen MR) is 320 cm³/mol. The molecule has 0 bridgehead atoms. The van der Waals surface area contributed by atoms with Crippen LogP contribution < -0.4 is 21.1 Å². The molecule has 3 aliphatic carbocycles. The number of aromatic nitrogens is 1. The lowest BCUT2D eigenvalue weighted by molar-refractivity contribution is 0.332. The summed E-state index contributed by atoms with van der Waals surface area (Å²) in [5.74, 6) is 0. The number of nitrogens with one attached hydrogen (secondary N) is 1. The molecule has 0 spiro atoms. The van der Waals surface area contributed by atoms with Gasteiger partial charge in [-0.15, -0.1) is 0 Å². The molecular weight excluding hydrogens is 894 g/mol.